The summed E-state index contributed by atoms with van der Waals surface area (Å²) in [5, 5.41) is 5.98. The van der Waals surface area contributed by atoms with Gasteiger partial charge < -0.3 is 15.5 Å². The lowest BCUT2D eigenvalue weighted by atomic mass is 10.0. The Morgan fingerprint density at radius 1 is 0.567 bits per heavy atom. The summed E-state index contributed by atoms with van der Waals surface area (Å²) in [6, 6.07) is 0. The molecule has 6 heteroatoms. The molecule has 0 spiro atoms. The van der Waals surface area contributed by atoms with Crippen LogP contribution < -0.4 is 15.5 Å². The molecule has 0 saturated heterocycles. The highest BCUT2D eigenvalue weighted by Gasteiger charge is 2.08. The van der Waals surface area contributed by atoms with E-state index < -0.39 is 0 Å². The Morgan fingerprint density at radius 2 is 0.933 bits per heavy atom. The van der Waals surface area contributed by atoms with Crippen LogP contribution in [0.3, 0.4) is 0 Å². The zero-order chi connectivity index (χ0) is 21.9. The molecule has 1 rings (SSSR count). The second kappa shape index (κ2) is 18.2. The first kappa shape index (κ1) is 26.4. The largest absolute Gasteiger partial charge is 0.357 e. The van der Waals surface area contributed by atoms with Crippen molar-refractivity contribution in [2.75, 3.05) is 43.2 Å². The van der Waals surface area contributed by atoms with Crippen LogP contribution in [-0.4, -0.2) is 42.6 Å². The van der Waals surface area contributed by atoms with Crippen molar-refractivity contribution in [2.45, 2.75) is 110 Å². The SMILES string of the molecule is CCCCCCCCCCCCCCCCCCN(C)c1nc(NC)nc(NC)n1. The van der Waals surface area contributed by atoms with Gasteiger partial charge in [0.15, 0.2) is 0 Å². The minimum absolute atomic E-state index is 0.600. The Labute approximate surface area is 186 Å². The maximum absolute atomic E-state index is 4.44. The maximum Gasteiger partial charge on any atom is 0.231 e. The summed E-state index contributed by atoms with van der Waals surface area (Å²) in [7, 11) is 5.71. The van der Waals surface area contributed by atoms with E-state index >= 15 is 0 Å². The van der Waals surface area contributed by atoms with Gasteiger partial charge in [0.2, 0.25) is 17.8 Å². The van der Waals surface area contributed by atoms with Crippen LogP contribution in [0, 0.1) is 0 Å². The highest BCUT2D eigenvalue weighted by atomic mass is 15.3. The van der Waals surface area contributed by atoms with E-state index in [1.807, 2.05) is 14.1 Å². The average Bonchev–Trinajstić information content (AvgIpc) is 2.78. The zero-order valence-corrected chi connectivity index (χ0v) is 20.3. The molecule has 1 aromatic rings. The summed E-state index contributed by atoms with van der Waals surface area (Å²) in [5.74, 6) is 1.92. The van der Waals surface area contributed by atoms with Crippen LogP contribution in [0.15, 0.2) is 0 Å². The Hall–Kier alpha value is -1.59. The van der Waals surface area contributed by atoms with Crippen molar-refractivity contribution >= 4 is 17.8 Å². The topological polar surface area (TPSA) is 66.0 Å². The first-order chi connectivity index (χ1) is 14.7. The molecule has 2 N–H and O–H groups in total. The van der Waals surface area contributed by atoms with Gasteiger partial charge >= 0.3 is 0 Å². The lowest BCUT2D eigenvalue weighted by molar-refractivity contribution is 0.529. The van der Waals surface area contributed by atoms with Gasteiger partial charge in [-0.2, -0.15) is 15.0 Å². The second-order valence-electron chi connectivity index (χ2n) is 8.51. The number of nitrogens with one attached hydrogen (secondary N) is 2. The number of hydrogen-bond donors (Lipinski definition) is 2. The molecule has 0 atom stereocenters. The Kier molecular flexibility index (Phi) is 16.0. The van der Waals surface area contributed by atoms with Gasteiger partial charge in [0.1, 0.15) is 0 Å². The third kappa shape index (κ3) is 12.9. The minimum Gasteiger partial charge on any atom is -0.357 e. The predicted octanol–water partition coefficient (Wildman–Crippen LogP) is 6.65. The summed E-state index contributed by atoms with van der Waals surface area (Å²) < 4.78 is 0. The van der Waals surface area contributed by atoms with Gasteiger partial charge in [-0.05, 0) is 6.42 Å². The molecular formula is C24H48N6. The highest BCUT2D eigenvalue weighted by Crippen LogP contribution is 2.15. The monoisotopic (exact) mass is 420 g/mol. The summed E-state index contributed by atoms with van der Waals surface area (Å²) in [5.41, 5.74) is 0. The predicted molar refractivity (Wildman–Crippen MR) is 132 cm³/mol. The molecule has 0 bridgehead atoms. The fraction of sp³-hybridized carbons (Fsp3) is 0.875. The van der Waals surface area contributed by atoms with E-state index in [9.17, 15) is 0 Å². The molecule has 174 valence electrons. The van der Waals surface area contributed by atoms with Crippen LogP contribution in [0.25, 0.3) is 0 Å². The minimum atomic E-state index is 0.600. The van der Waals surface area contributed by atoms with E-state index in [0.717, 1.165) is 12.5 Å². The quantitative estimate of drug-likeness (QED) is 0.230. The Morgan fingerprint density at radius 3 is 1.30 bits per heavy atom. The molecule has 0 saturated carbocycles. The lowest BCUT2D eigenvalue weighted by Gasteiger charge is -2.18. The summed E-state index contributed by atoms with van der Waals surface area (Å²) >= 11 is 0. The zero-order valence-electron chi connectivity index (χ0n) is 20.3. The van der Waals surface area contributed by atoms with Gasteiger partial charge in [0.25, 0.3) is 0 Å². The number of anilines is 3. The van der Waals surface area contributed by atoms with Gasteiger partial charge in [-0.15, -0.1) is 0 Å². The van der Waals surface area contributed by atoms with Gasteiger partial charge in [0.05, 0.1) is 0 Å². The van der Waals surface area contributed by atoms with Crippen molar-refractivity contribution in [1.29, 1.82) is 0 Å². The Balaban J connectivity index is 1.94. The van der Waals surface area contributed by atoms with Crippen LogP contribution >= 0.6 is 0 Å². The fourth-order valence-corrected chi connectivity index (χ4v) is 3.76. The van der Waals surface area contributed by atoms with Crippen LogP contribution in [0.1, 0.15) is 110 Å². The van der Waals surface area contributed by atoms with Crippen molar-refractivity contribution in [3.8, 4) is 0 Å². The van der Waals surface area contributed by atoms with Crippen LogP contribution in [-0.2, 0) is 0 Å². The number of rotatable bonds is 20. The molecule has 1 heterocycles. The van der Waals surface area contributed by atoms with Crippen molar-refractivity contribution < 1.29 is 0 Å². The summed E-state index contributed by atoms with van der Waals surface area (Å²) in [6.45, 7) is 3.27. The first-order valence-electron chi connectivity index (χ1n) is 12.5. The normalized spacial score (nSPS) is 10.9. The van der Waals surface area contributed by atoms with E-state index in [-0.39, 0.29) is 0 Å². The smallest absolute Gasteiger partial charge is 0.231 e. The highest BCUT2D eigenvalue weighted by molar-refractivity contribution is 5.42. The van der Waals surface area contributed by atoms with Gasteiger partial charge in [0, 0.05) is 27.7 Å². The molecule has 0 radical (unpaired) electrons. The molecule has 0 aromatic carbocycles. The Bertz CT molecular complexity index is 500. The van der Waals surface area contributed by atoms with Crippen LogP contribution in [0.2, 0.25) is 0 Å². The molecule has 0 amide bonds. The number of aromatic nitrogens is 3. The standard InChI is InChI=1S/C24H48N6/c1-5-6-7-8-9-10-11-12-13-14-15-16-17-18-19-20-21-30(4)24-28-22(25-2)27-23(26-3)29-24/h5-21H2,1-4H3,(H2,25,26,27,28,29). The molecule has 1 aromatic heterocycles. The van der Waals surface area contributed by atoms with E-state index in [1.54, 1.807) is 0 Å². The molecule has 0 fully saturated rings. The lowest BCUT2D eigenvalue weighted by Crippen LogP contribution is -2.22. The molecule has 0 aliphatic carbocycles. The van der Waals surface area contributed by atoms with E-state index in [1.165, 1.54) is 103 Å². The molecule has 30 heavy (non-hydrogen) atoms. The van der Waals surface area contributed by atoms with E-state index in [4.69, 9.17) is 0 Å². The summed E-state index contributed by atoms with van der Waals surface area (Å²) in [4.78, 5) is 15.3. The third-order valence-corrected chi connectivity index (χ3v) is 5.76. The van der Waals surface area contributed by atoms with Crippen molar-refractivity contribution in [2.24, 2.45) is 0 Å². The van der Waals surface area contributed by atoms with Crippen molar-refractivity contribution in [1.82, 2.24) is 15.0 Å². The molecule has 6 nitrogen and oxygen atoms in total. The number of hydrogen-bond acceptors (Lipinski definition) is 6. The van der Waals surface area contributed by atoms with Gasteiger partial charge in [-0.1, -0.05) is 103 Å². The van der Waals surface area contributed by atoms with E-state index in [2.05, 4.69) is 44.5 Å². The third-order valence-electron chi connectivity index (χ3n) is 5.76. The van der Waals surface area contributed by atoms with Crippen LogP contribution in [0.5, 0.6) is 0 Å². The van der Waals surface area contributed by atoms with Crippen molar-refractivity contribution in [3.63, 3.8) is 0 Å². The number of unbranched alkanes of at least 4 members (excludes halogenated alkanes) is 15. The second-order valence-corrected chi connectivity index (χ2v) is 8.51. The molecular weight excluding hydrogens is 372 g/mol. The average molecular weight is 421 g/mol. The van der Waals surface area contributed by atoms with Gasteiger partial charge in [-0.25, -0.2) is 0 Å². The number of nitrogens with zero attached hydrogens (tertiary/aromatic N) is 4. The van der Waals surface area contributed by atoms with Gasteiger partial charge in [-0.3, -0.25) is 0 Å². The molecule has 0 aliphatic heterocycles. The van der Waals surface area contributed by atoms with Crippen LogP contribution in [0.4, 0.5) is 17.8 Å². The molecule has 0 aliphatic rings. The van der Waals surface area contributed by atoms with E-state index in [0.29, 0.717) is 11.9 Å². The van der Waals surface area contributed by atoms with Crippen molar-refractivity contribution in [3.05, 3.63) is 0 Å². The molecule has 0 unspecified atom stereocenters. The fourth-order valence-electron chi connectivity index (χ4n) is 3.76. The maximum atomic E-state index is 4.44. The summed E-state index contributed by atoms with van der Waals surface area (Å²) in [6.07, 6.45) is 22.3. The first-order valence-corrected chi connectivity index (χ1v) is 12.5.